The van der Waals surface area contributed by atoms with Gasteiger partial charge in [-0.1, -0.05) is 37.5 Å². The molecule has 1 aromatic heterocycles. The van der Waals surface area contributed by atoms with E-state index in [2.05, 4.69) is 6.92 Å². The minimum absolute atomic E-state index is 0.454. The highest BCUT2D eigenvalue weighted by molar-refractivity contribution is 5.34. The fourth-order valence-electron chi connectivity index (χ4n) is 2.13. The van der Waals surface area contributed by atoms with E-state index in [9.17, 15) is 9.59 Å². The predicted molar refractivity (Wildman–Crippen MR) is 80.6 cm³/mol. The van der Waals surface area contributed by atoms with E-state index < -0.39 is 11.1 Å². The zero-order valence-corrected chi connectivity index (χ0v) is 12.0. The molecule has 0 amide bonds. The number of rotatable bonds is 5. The Hall–Kier alpha value is -2.10. The highest BCUT2D eigenvalue weighted by atomic mass is 16.2. The Morgan fingerprint density at radius 3 is 2.30 bits per heavy atom. The molecular formula is C16H20N2O2. The summed E-state index contributed by atoms with van der Waals surface area (Å²) in [5.41, 5.74) is 0.894. The summed E-state index contributed by atoms with van der Waals surface area (Å²) >= 11 is 0. The topological polar surface area (TPSA) is 44.0 Å². The van der Waals surface area contributed by atoms with Gasteiger partial charge in [0.15, 0.2) is 0 Å². The third kappa shape index (κ3) is 3.07. The predicted octanol–water partition coefficient (Wildman–Crippen LogP) is 2.50. The van der Waals surface area contributed by atoms with Gasteiger partial charge in [0.2, 0.25) is 0 Å². The van der Waals surface area contributed by atoms with Crippen LogP contribution in [-0.2, 0) is 6.54 Å². The molecule has 0 atom stereocenters. The third-order valence-corrected chi connectivity index (χ3v) is 3.37. The number of hydrogen-bond acceptors (Lipinski definition) is 2. The zero-order chi connectivity index (χ0) is 14.5. The summed E-state index contributed by atoms with van der Waals surface area (Å²) < 4.78 is 2.90. The molecule has 0 aliphatic rings. The second kappa shape index (κ2) is 6.37. The van der Waals surface area contributed by atoms with Gasteiger partial charge in [0.05, 0.1) is 0 Å². The summed E-state index contributed by atoms with van der Waals surface area (Å²) in [6, 6.07) is 7.54. The van der Waals surface area contributed by atoms with Gasteiger partial charge in [-0.2, -0.15) is 0 Å². The van der Waals surface area contributed by atoms with Crippen molar-refractivity contribution in [2.24, 2.45) is 0 Å². The Bertz CT molecular complexity index is 681. The average molecular weight is 272 g/mol. The lowest BCUT2D eigenvalue weighted by Crippen LogP contribution is -2.39. The number of nitrogens with zero attached hydrogens (tertiary/aromatic N) is 2. The van der Waals surface area contributed by atoms with Crippen LogP contribution in [0.5, 0.6) is 0 Å². The molecule has 0 aliphatic heterocycles. The van der Waals surface area contributed by atoms with Crippen molar-refractivity contribution in [3.8, 4) is 5.69 Å². The van der Waals surface area contributed by atoms with Gasteiger partial charge in [0.1, 0.15) is 0 Å². The molecule has 2 rings (SSSR count). The van der Waals surface area contributed by atoms with Gasteiger partial charge < -0.3 is 4.57 Å². The minimum atomic E-state index is -0.493. The number of unbranched alkanes of at least 4 members (excludes halogenated alkanes) is 2. The first-order chi connectivity index (χ1) is 9.63. The highest BCUT2D eigenvalue weighted by Crippen LogP contribution is 2.06. The molecule has 4 heteroatoms. The molecule has 0 radical (unpaired) electrons. The van der Waals surface area contributed by atoms with Gasteiger partial charge in [-0.15, -0.1) is 0 Å². The second-order valence-corrected chi connectivity index (χ2v) is 5.01. The van der Waals surface area contributed by atoms with Crippen LogP contribution in [0.15, 0.2) is 46.2 Å². The van der Waals surface area contributed by atoms with Crippen LogP contribution in [0.25, 0.3) is 5.69 Å². The van der Waals surface area contributed by atoms with E-state index in [-0.39, 0.29) is 0 Å². The van der Waals surface area contributed by atoms with E-state index in [1.54, 1.807) is 12.4 Å². The van der Waals surface area contributed by atoms with Crippen LogP contribution in [0.4, 0.5) is 0 Å². The van der Waals surface area contributed by atoms with Crippen LogP contribution in [0.3, 0.4) is 0 Å². The summed E-state index contributed by atoms with van der Waals surface area (Å²) in [7, 11) is 0. The maximum absolute atomic E-state index is 12.1. The maximum Gasteiger partial charge on any atom is 0.320 e. The summed E-state index contributed by atoms with van der Waals surface area (Å²) in [5, 5.41) is 0. The van der Waals surface area contributed by atoms with Crippen LogP contribution in [0, 0.1) is 6.92 Å². The van der Waals surface area contributed by atoms with E-state index in [1.807, 2.05) is 31.2 Å². The van der Waals surface area contributed by atoms with E-state index in [4.69, 9.17) is 0 Å². The first-order valence-corrected chi connectivity index (χ1v) is 7.02. The molecule has 1 aromatic carbocycles. The highest BCUT2D eigenvalue weighted by Gasteiger charge is 2.06. The lowest BCUT2D eigenvalue weighted by Gasteiger charge is -2.09. The van der Waals surface area contributed by atoms with E-state index in [0.29, 0.717) is 6.54 Å². The lowest BCUT2D eigenvalue weighted by molar-refractivity contribution is 0.577. The van der Waals surface area contributed by atoms with Gasteiger partial charge in [0, 0.05) is 24.6 Å². The molecule has 0 bridgehead atoms. The summed E-state index contributed by atoms with van der Waals surface area (Å²) in [6.45, 7) is 4.70. The molecule has 0 fully saturated rings. The van der Waals surface area contributed by atoms with Crippen molar-refractivity contribution < 1.29 is 0 Å². The quantitative estimate of drug-likeness (QED) is 0.620. The summed E-state index contributed by atoms with van der Waals surface area (Å²) in [5.74, 6) is 0. The molecule has 20 heavy (non-hydrogen) atoms. The average Bonchev–Trinajstić information content (AvgIpc) is 2.45. The fraction of sp³-hybridized carbons (Fsp3) is 0.375. The van der Waals surface area contributed by atoms with Crippen molar-refractivity contribution in [3.63, 3.8) is 0 Å². The molecule has 106 valence electrons. The SMILES string of the molecule is CCCCCn1ccn(-c2ccc(C)cc2)c(=O)c1=O. The Labute approximate surface area is 118 Å². The monoisotopic (exact) mass is 272 g/mol. The second-order valence-electron chi connectivity index (χ2n) is 5.01. The Kier molecular flexibility index (Phi) is 4.56. The molecule has 0 aliphatic carbocycles. The van der Waals surface area contributed by atoms with Crippen molar-refractivity contribution in [1.29, 1.82) is 0 Å². The number of benzene rings is 1. The van der Waals surface area contributed by atoms with Crippen molar-refractivity contribution in [3.05, 3.63) is 62.9 Å². The van der Waals surface area contributed by atoms with E-state index >= 15 is 0 Å². The Morgan fingerprint density at radius 2 is 1.65 bits per heavy atom. The molecule has 0 spiro atoms. The molecule has 0 unspecified atom stereocenters. The van der Waals surface area contributed by atoms with Crippen LogP contribution >= 0.6 is 0 Å². The third-order valence-electron chi connectivity index (χ3n) is 3.37. The summed E-state index contributed by atoms with van der Waals surface area (Å²) in [6.07, 6.45) is 6.44. The maximum atomic E-state index is 12.1. The summed E-state index contributed by atoms with van der Waals surface area (Å²) in [4.78, 5) is 24.2. The molecule has 2 aromatic rings. The van der Waals surface area contributed by atoms with E-state index in [0.717, 1.165) is 30.5 Å². The zero-order valence-electron chi connectivity index (χ0n) is 12.0. The van der Waals surface area contributed by atoms with Crippen molar-refractivity contribution in [2.75, 3.05) is 0 Å². The number of aromatic nitrogens is 2. The Balaban J connectivity index is 2.34. The van der Waals surface area contributed by atoms with Gasteiger partial charge in [-0.05, 0) is 25.5 Å². The Morgan fingerprint density at radius 1 is 0.950 bits per heavy atom. The standard InChI is InChI=1S/C16H20N2O2/c1-3-4-5-10-17-11-12-18(16(20)15(17)19)14-8-6-13(2)7-9-14/h6-9,11-12H,3-5,10H2,1-2H3. The van der Waals surface area contributed by atoms with Crippen LogP contribution in [0.2, 0.25) is 0 Å². The largest absolute Gasteiger partial charge is 0.320 e. The lowest BCUT2D eigenvalue weighted by atomic mass is 10.2. The van der Waals surface area contributed by atoms with Crippen molar-refractivity contribution in [1.82, 2.24) is 9.13 Å². The first kappa shape index (κ1) is 14.3. The molecule has 0 N–H and O–H groups in total. The van der Waals surface area contributed by atoms with Crippen LogP contribution in [0.1, 0.15) is 31.7 Å². The molecule has 0 saturated heterocycles. The van der Waals surface area contributed by atoms with Gasteiger partial charge in [-0.3, -0.25) is 14.2 Å². The van der Waals surface area contributed by atoms with Crippen molar-refractivity contribution in [2.45, 2.75) is 39.7 Å². The molecule has 1 heterocycles. The van der Waals surface area contributed by atoms with Gasteiger partial charge in [0.25, 0.3) is 0 Å². The minimum Gasteiger partial charge on any atom is -0.309 e. The first-order valence-electron chi connectivity index (χ1n) is 7.02. The normalized spacial score (nSPS) is 10.7. The fourth-order valence-corrected chi connectivity index (χ4v) is 2.13. The van der Waals surface area contributed by atoms with Crippen LogP contribution in [-0.4, -0.2) is 9.13 Å². The molecule has 0 saturated carbocycles. The van der Waals surface area contributed by atoms with Gasteiger partial charge in [-0.25, -0.2) is 0 Å². The smallest absolute Gasteiger partial charge is 0.309 e. The molecule has 4 nitrogen and oxygen atoms in total. The van der Waals surface area contributed by atoms with Gasteiger partial charge >= 0.3 is 11.1 Å². The van der Waals surface area contributed by atoms with Crippen molar-refractivity contribution >= 4 is 0 Å². The number of hydrogen-bond donors (Lipinski definition) is 0. The molecular weight excluding hydrogens is 252 g/mol. The van der Waals surface area contributed by atoms with Crippen LogP contribution < -0.4 is 11.1 Å². The van der Waals surface area contributed by atoms with E-state index in [1.165, 1.54) is 9.13 Å². The number of aryl methyl sites for hydroxylation is 2.